The number of carbonyl (C=O) groups is 1. The number of hydrogen-bond donors (Lipinski definition) is 0. The van der Waals surface area contributed by atoms with E-state index in [2.05, 4.69) is 4.74 Å². The molecular weight excluding hydrogens is 472 g/mol. The number of halogens is 8. The molecule has 0 aliphatic carbocycles. The first-order chi connectivity index (χ1) is 16.0. The molecule has 0 N–H and O–H groups in total. The third kappa shape index (κ3) is 5.44. The fourth-order valence-electron chi connectivity index (χ4n) is 3.15. The standard InChI is InChI=1S/C24H14F8O2/c1-11-15(25)9-14(10-16(11)26)34-24(33)23-19(29)7-13(8-20(23)30)22-17(27)5-12(6-18(22)28)3-2-4-21(31)32/h4-10H,2-3H2,1H3. The smallest absolute Gasteiger partial charge is 0.349 e. The van der Waals surface area contributed by atoms with E-state index in [0.29, 0.717) is 30.3 Å². The number of aryl methyl sites for hydroxylation is 1. The van der Waals surface area contributed by atoms with E-state index in [1.807, 2.05) is 0 Å². The van der Waals surface area contributed by atoms with Crippen LogP contribution in [0.1, 0.15) is 27.9 Å². The highest BCUT2D eigenvalue weighted by molar-refractivity contribution is 5.92. The second-order valence-corrected chi connectivity index (χ2v) is 7.18. The molecule has 3 rings (SSSR count). The Hall–Kier alpha value is -3.69. The van der Waals surface area contributed by atoms with Crippen molar-refractivity contribution in [3.8, 4) is 16.9 Å². The Morgan fingerprint density at radius 2 is 1.32 bits per heavy atom. The average Bonchev–Trinajstić information content (AvgIpc) is 2.70. The molecular formula is C24H14F8O2. The number of hydrogen-bond acceptors (Lipinski definition) is 2. The van der Waals surface area contributed by atoms with Crippen LogP contribution in [0.15, 0.2) is 48.6 Å². The highest BCUT2D eigenvalue weighted by atomic mass is 19.3. The van der Waals surface area contributed by atoms with Crippen LogP contribution in [0.4, 0.5) is 35.1 Å². The lowest BCUT2D eigenvalue weighted by Gasteiger charge is -2.11. The van der Waals surface area contributed by atoms with Crippen LogP contribution in [-0.4, -0.2) is 5.97 Å². The maximum atomic E-state index is 14.5. The summed E-state index contributed by atoms with van der Waals surface area (Å²) >= 11 is 0. The Morgan fingerprint density at radius 1 is 0.794 bits per heavy atom. The highest BCUT2D eigenvalue weighted by Crippen LogP contribution is 2.31. The van der Waals surface area contributed by atoms with Crippen LogP contribution in [0.25, 0.3) is 11.1 Å². The van der Waals surface area contributed by atoms with Crippen molar-refractivity contribution in [1.82, 2.24) is 0 Å². The molecule has 0 unspecified atom stereocenters. The van der Waals surface area contributed by atoms with Crippen LogP contribution in [0.3, 0.4) is 0 Å². The summed E-state index contributed by atoms with van der Waals surface area (Å²) in [6.45, 7) is 1.13. The normalized spacial score (nSPS) is 10.9. The molecule has 2 nitrogen and oxygen atoms in total. The Balaban J connectivity index is 1.91. The predicted molar refractivity (Wildman–Crippen MR) is 106 cm³/mol. The summed E-state index contributed by atoms with van der Waals surface area (Å²) < 4.78 is 114. The summed E-state index contributed by atoms with van der Waals surface area (Å²) in [5, 5.41) is 0. The summed E-state index contributed by atoms with van der Waals surface area (Å²) in [5.74, 6) is -9.89. The molecule has 0 fully saturated rings. The summed E-state index contributed by atoms with van der Waals surface area (Å²) in [7, 11) is 0. The molecule has 0 radical (unpaired) electrons. The molecule has 0 atom stereocenters. The molecule has 178 valence electrons. The fraction of sp³-hybridized carbons (Fsp3) is 0.125. The highest BCUT2D eigenvalue weighted by Gasteiger charge is 2.24. The number of rotatable bonds is 6. The lowest BCUT2D eigenvalue weighted by atomic mass is 9.98. The zero-order valence-electron chi connectivity index (χ0n) is 17.3. The summed E-state index contributed by atoms with van der Waals surface area (Å²) in [4.78, 5) is 12.2. The number of ether oxygens (including phenoxy) is 1. The van der Waals surface area contributed by atoms with Crippen LogP contribution >= 0.6 is 0 Å². The first-order valence-electron chi connectivity index (χ1n) is 9.64. The quantitative estimate of drug-likeness (QED) is 0.206. The van der Waals surface area contributed by atoms with Gasteiger partial charge in [-0.25, -0.2) is 31.1 Å². The molecule has 0 amide bonds. The molecule has 0 aromatic heterocycles. The zero-order chi connectivity index (χ0) is 25.2. The van der Waals surface area contributed by atoms with Crippen molar-refractivity contribution in [3.05, 3.63) is 100 Å². The van der Waals surface area contributed by atoms with Crippen molar-refractivity contribution < 1.29 is 44.7 Å². The van der Waals surface area contributed by atoms with E-state index in [1.165, 1.54) is 0 Å². The Labute approximate surface area is 188 Å². The fourth-order valence-corrected chi connectivity index (χ4v) is 3.15. The Kier molecular flexibility index (Phi) is 7.38. The van der Waals surface area contributed by atoms with E-state index in [-0.39, 0.29) is 24.0 Å². The SMILES string of the molecule is Cc1c(F)cc(OC(=O)c2c(F)cc(-c3c(F)cc(CCC=C(F)F)cc3F)cc2F)cc1F. The largest absolute Gasteiger partial charge is 0.423 e. The average molecular weight is 486 g/mol. The minimum absolute atomic E-state index is 0.0370. The van der Waals surface area contributed by atoms with Gasteiger partial charge in [-0.05, 0) is 61.2 Å². The van der Waals surface area contributed by atoms with Gasteiger partial charge >= 0.3 is 5.97 Å². The van der Waals surface area contributed by atoms with Crippen molar-refractivity contribution in [2.45, 2.75) is 19.8 Å². The molecule has 0 aliphatic rings. The van der Waals surface area contributed by atoms with Gasteiger partial charge in [-0.1, -0.05) is 0 Å². The Bertz CT molecular complexity index is 1230. The van der Waals surface area contributed by atoms with Crippen LogP contribution < -0.4 is 4.74 Å². The van der Waals surface area contributed by atoms with Crippen LogP contribution in [0.5, 0.6) is 5.75 Å². The van der Waals surface area contributed by atoms with Crippen LogP contribution in [0, 0.1) is 41.8 Å². The zero-order valence-corrected chi connectivity index (χ0v) is 17.3. The van der Waals surface area contributed by atoms with Gasteiger partial charge in [0.15, 0.2) is 0 Å². The molecule has 0 saturated heterocycles. The van der Waals surface area contributed by atoms with Gasteiger partial charge in [0.05, 0.1) is 5.56 Å². The van der Waals surface area contributed by atoms with E-state index in [1.54, 1.807) is 0 Å². The summed E-state index contributed by atoms with van der Waals surface area (Å²) in [6, 6.07) is 3.92. The minimum atomic E-state index is -1.94. The van der Waals surface area contributed by atoms with Gasteiger partial charge in [-0.2, -0.15) is 8.78 Å². The maximum Gasteiger partial charge on any atom is 0.349 e. The monoisotopic (exact) mass is 486 g/mol. The van der Waals surface area contributed by atoms with Crippen molar-refractivity contribution in [2.75, 3.05) is 0 Å². The first kappa shape index (κ1) is 24.9. The van der Waals surface area contributed by atoms with Gasteiger partial charge in [0.1, 0.15) is 46.2 Å². The maximum absolute atomic E-state index is 14.5. The molecule has 34 heavy (non-hydrogen) atoms. The third-order valence-electron chi connectivity index (χ3n) is 4.83. The summed E-state index contributed by atoms with van der Waals surface area (Å²) in [5.41, 5.74) is -2.97. The molecule has 0 spiro atoms. The van der Waals surface area contributed by atoms with Crippen LogP contribution in [-0.2, 0) is 6.42 Å². The number of carbonyl (C=O) groups excluding carboxylic acids is 1. The van der Waals surface area contributed by atoms with Crippen molar-refractivity contribution in [2.24, 2.45) is 0 Å². The van der Waals surface area contributed by atoms with Gasteiger partial charge < -0.3 is 4.74 Å². The Morgan fingerprint density at radius 3 is 1.82 bits per heavy atom. The topological polar surface area (TPSA) is 26.3 Å². The molecule has 3 aromatic carbocycles. The molecule has 0 heterocycles. The molecule has 0 aliphatic heterocycles. The van der Waals surface area contributed by atoms with Gasteiger partial charge in [0, 0.05) is 17.7 Å². The van der Waals surface area contributed by atoms with Gasteiger partial charge in [-0.15, -0.1) is 0 Å². The predicted octanol–water partition coefficient (Wildman–Crippen LogP) is 7.43. The van der Waals surface area contributed by atoms with Gasteiger partial charge in [-0.3, -0.25) is 0 Å². The van der Waals surface area contributed by atoms with Crippen molar-refractivity contribution in [3.63, 3.8) is 0 Å². The number of benzene rings is 3. The van der Waals surface area contributed by atoms with E-state index in [4.69, 9.17) is 0 Å². The lowest BCUT2D eigenvalue weighted by molar-refractivity contribution is 0.0723. The van der Waals surface area contributed by atoms with Gasteiger partial charge in [0.2, 0.25) is 0 Å². The number of allylic oxidation sites excluding steroid dienone is 1. The van der Waals surface area contributed by atoms with Crippen molar-refractivity contribution in [1.29, 1.82) is 0 Å². The molecule has 10 heteroatoms. The summed E-state index contributed by atoms with van der Waals surface area (Å²) in [6.07, 6.45) is -1.67. The van der Waals surface area contributed by atoms with Crippen molar-refractivity contribution >= 4 is 5.97 Å². The minimum Gasteiger partial charge on any atom is -0.423 e. The third-order valence-corrected chi connectivity index (χ3v) is 4.83. The second-order valence-electron chi connectivity index (χ2n) is 7.18. The van der Waals surface area contributed by atoms with E-state index < -0.39 is 69.4 Å². The van der Waals surface area contributed by atoms with Crippen LogP contribution in [0.2, 0.25) is 0 Å². The first-order valence-corrected chi connectivity index (χ1v) is 9.64. The van der Waals surface area contributed by atoms with E-state index in [0.717, 1.165) is 19.1 Å². The second kappa shape index (κ2) is 10.1. The van der Waals surface area contributed by atoms with E-state index >= 15 is 0 Å². The van der Waals surface area contributed by atoms with Gasteiger partial charge in [0.25, 0.3) is 6.08 Å². The number of esters is 1. The molecule has 0 bridgehead atoms. The molecule has 0 saturated carbocycles. The lowest BCUT2D eigenvalue weighted by Crippen LogP contribution is -2.14. The molecule has 3 aromatic rings. The van der Waals surface area contributed by atoms with E-state index in [9.17, 15) is 39.9 Å².